The van der Waals surface area contributed by atoms with Gasteiger partial charge >= 0.3 is 12.1 Å². The minimum Gasteiger partial charge on any atom is -0.480 e. The van der Waals surface area contributed by atoms with Crippen LogP contribution in [0.2, 0.25) is 0 Å². The molecule has 1 aliphatic rings. The number of carbonyl (C=O) groups is 2. The quantitative estimate of drug-likeness (QED) is 0.146. The largest absolute Gasteiger partial charge is 0.480 e. The van der Waals surface area contributed by atoms with E-state index in [1.165, 1.54) is 6.33 Å². The number of nitrogen functional groups attached to an aromatic ring is 1. The number of carboxylic acid groups (broad SMARTS) is 1. The molecule has 3 heterocycles. The Morgan fingerprint density at radius 1 is 1.24 bits per heavy atom. The van der Waals surface area contributed by atoms with E-state index in [9.17, 15) is 14.7 Å². The molecule has 14 heteroatoms. The van der Waals surface area contributed by atoms with Gasteiger partial charge in [0, 0.05) is 18.8 Å². The fraction of sp³-hybridized carbons (Fsp3) is 0.679. The fourth-order valence-corrected chi connectivity index (χ4v) is 5.46. The van der Waals surface area contributed by atoms with E-state index in [1.807, 2.05) is 17.7 Å². The Labute approximate surface area is 251 Å². The first-order valence-electron chi connectivity index (χ1n) is 14.8. The van der Waals surface area contributed by atoms with E-state index in [0.717, 1.165) is 70.1 Å². The number of hydrogen-bond acceptors (Lipinski definition) is 11. The van der Waals surface area contributed by atoms with Crippen molar-refractivity contribution >= 4 is 53.2 Å². The molecule has 3 atom stereocenters. The summed E-state index contributed by atoms with van der Waals surface area (Å²) in [7, 11) is 0. The normalized spacial score (nSPS) is 17.8. The van der Waals surface area contributed by atoms with Gasteiger partial charge in [0.1, 0.15) is 24.1 Å². The van der Waals surface area contributed by atoms with E-state index in [0.29, 0.717) is 42.3 Å². The molecule has 232 valence electrons. The van der Waals surface area contributed by atoms with Crippen LogP contribution < -0.4 is 11.1 Å². The predicted octanol–water partition coefficient (Wildman–Crippen LogP) is 4.28. The predicted molar refractivity (Wildman–Crippen MR) is 165 cm³/mol. The average molecular weight is 605 g/mol. The third-order valence-corrected chi connectivity index (χ3v) is 7.79. The van der Waals surface area contributed by atoms with Crippen LogP contribution in [0.15, 0.2) is 22.6 Å². The summed E-state index contributed by atoms with van der Waals surface area (Å²) >= 11 is 1.69. The number of nitrogens with zero attached hydrogens (tertiary/aromatic N) is 6. The Morgan fingerprint density at radius 2 is 2.10 bits per heavy atom. The SMILES string of the molecule is CCCOC(=O)NCCCCC/N=C\CCC/C=N/[C@@H](CCSC[C@@H]1CC[C@H](n2cnc3c(N)ncnc32)O1)C(=O)O. The number of carboxylic acids is 1. The third kappa shape index (κ3) is 11.6. The standard InChI is InChI=1S/C28H44N8O5S/c1-2-16-40-28(39)32-15-8-4-6-13-30-12-5-3-7-14-31-22(27(37)38)11-17-42-18-21-9-10-23(41-21)36-20-35-24-25(29)33-19-34-26(24)36/h12,14,19-23H,2-11,13,15-18H2,1H3,(H,32,39)(H,37,38)(H2,29,33,34)/b30-12-,31-14+/t21-,22-,23+/m0/s1. The molecule has 0 bridgehead atoms. The second-order valence-corrected chi connectivity index (χ2v) is 11.2. The van der Waals surface area contributed by atoms with Gasteiger partial charge in [0.05, 0.1) is 19.0 Å². The molecular formula is C28H44N8O5S. The van der Waals surface area contributed by atoms with Crippen LogP contribution in [0, 0.1) is 0 Å². The lowest BCUT2D eigenvalue weighted by Gasteiger charge is -2.15. The van der Waals surface area contributed by atoms with Crippen LogP contribution in [-0.2, 0) is 14.3 Å². The van der Waals surface area contributed by atoms with Crippen LogP contribution in [0.5, 0.6) is 0 Å². The minimum absolute atomic E-state index is 0.0863. The van der Waals surface area contributed by atoms with Gasteiger partial charge < -0.3 is 25.6 Å². The van der Waals surface area contributed by atoms with Crippen molar-refractivity contribution in [1.82, 2.24) is 24.8 Å². The van der Waals surface area contributed by atoms with Crippen molar-refractivity contribution in [3.8, 4) is 0 Å². The highest BCUT2D eigenvalue weighted by Crippen LogP contribution is 2.32. The van der Waals surface area contributed by atoms with Crippen LogP contribution in [0.1, 0.15) is 77.4 Å². The number of rotatable bonds is 20. The van der Waals surface area contributed by atoms with Crippen LogP contribution in [0.25, 0.3) is 11.2 Å². The first kappa shape index (κ1) is 33.2. The zero-order chi connectivity index (χ0) is 30.0. The lowest BCUT2D eigenvalue weighted by Crippen LogP contribution is -2.25. The number of fused-ring (bicyclic) bond motifs is 1. The Hall–Kier alpha value is -3.26. The van der Waals surface area contributed by atoms with Crippen molar-refractivity contribution in [2.24, 2.45) is 9.98 Å². The van der Waals surface area contributed by atoms with Gasteiger partial charge in [0.2, 0.25) is 0 Å². The van der Waals surface area contributed by atoms with Gasteiger partial charge in [0.15, 0.2) is 11.5 Å². The maximum Gasteiger partial charge on any atom is 0.407 e. The fourth-order valence-electron chi connectivity index (χ4n) is 4.39. The van der Waals surface area contributed by atoms with E-state index in [1.54, 1.807) is 24.3 Å². The van der Waals surface area contributed by atoms with Gasteiger partial charge in [-0.05, 0) is 82.4 Å². The number of carbonyl (C=O) groups excluding carboxylic acids is 1. The van der Waals surface area contributed by atoms with Gasteiger partial charge in [-0.3, -0.25) is 14.6 Å². The highest BCUT2D eigenvalue weighted by molar-refractivity contribution is 7.99. The number of hydrogen-bond donors (Lipinski definition) is 3. The molecule has 0 aromatic carbocycles. The summed E-state index contributed by atoms with van der Waals surface area (Å²) in [5, 5.41) is 12.3. The molecule has 1 fully saturated rings. The zero-order valence-electron chi connectivity index (χ0n) is 24.4. The van der Waals surface area contributed by atoms with Gasteiger partial charge in [0.25, 0.3) is 0 Å². The monoisotopic (exact) mass is 604 g/mol. The molecule has 1 saturated heterocycles. The first-order valence-corrected chi connectivity index (χ1v) is 15.9. The highest BCUT2D eigenvalue weighted by Gasteiger charge is 2.28. The molecule has 0 radical (unpaired) electrons. The van der Waals surface area contributed by atoms with Crippen LogP contribution in [-0.4, -0.2) is 92.5 Å². The maximum atomic E-state index is 11.6. The van der Waals surface area contributed by atoms with Crippen LogP contribution in [0.3, 0.4) is 0 Å². The number of nitrogens with one attached hydrogen (secondary N) is 1. The first-order chi connectivity index (χ1) is 20.5. The van der Waals surface area contributed by atoms with Crippen molar-refractivity contribution in [3.63, 3.8) is 0 Å². The van der Waals surface area contributed by atoms with E-state index in [2.05, 4.69) is 30.3 Å². The summed E-state index contributed by atoms with van der Waals surface area (Å²) in [5.41, 5.74) is 7.12. The smallest absolute Gasteiger partial charge is 0.407 e. The summed E-state index contributed by atoms with van der Waals surface area (Å²) < 4.78 is 13.1. The molecular weight excluding hydrogens is 560 g/mol. The van der Waals surface area contributed by atoms with Crippen LogP contribution >= 0.6 is 11.8 Å². The molecule has 3 rings (SSSR count). The molecule has 42 heavy (non-hydrogen) atoms. The van der Waals surface area contributed by atoms with E-state index >= 15 is 0 Å². The molecule has 1 amide bonds. The number of alkyl carbamates (subject to hydrolysis) is 1. The number of thioether (sulfide) groups is 1. The maximum absolute atomic E-state index is 11.6. The van der Waals surface area contributed by atoms with Crippen molar-refractivity contribution in [3.05, 3.63) is 12.7 Å². The Balaban J connectivity index is 1.21. The number of unbranched alkanes of at least 4 members (excludes halogenated alkanes) is 4. The van der Waals surface area contributed by atoms with Gasteiger partial charge in [-0.2, -0.15) is 11.8 Å². The number of imidazole rings is 1. The second kappa shape index (κ2) is 19.0. The summed E-state index contributed by atoms with van der Waals surface area (Å²) in [6.07, 6.45) is 14.7. The Kier molecular flexibility index (Phi) is 15.1. The van der Waals surface area contributed by atoms with Gasteiger partial charge in [-0.1, -0.05) is 6.92 Å². The zero-order valence-corrected chi connectivity index (χ0v) is 25.2. The van der Waals surface area contributed by atoms with E-state index in [4.69, 9.17) is 15.2 Å². The molecule has 0 unspecified atom stereocenters. The number of amides is 1. The number of nitrogens with two attached hydrogens (primary N) is 1. The molecule has 13 nitrogen and oxygen atoms in total. The van der Waals surface area contributed by atoms with Crippen LogP contribution in [0.4, 0.5) is 10.6 Å². The Bertz CT molecular complexity index is 1160. The topological polar surface area (TPSA) is 179 Å². The molecule has 0 saturated carbocycles. The summed E-state index contributed by atoms with van der Waals surface area (Å²) in [6, 6.07) is -0.728. The molecule has 4 N–H and O–H groups in total. The minimum atomic E-state index is -0.896. The average Bonchev–Trinajstić information content (AvgIpc) is 3.63. The van der Waals surface area contributed by atoms with Crippen molar-refractivity contribution in [2.75, 3.05) is 36.9 Å². The number of aromatic nitrogens is 4. The number of aliphatic imine (C=N–C) groups is 2. The third-order valence-electron chi connectivity index (χ3n) is 6.66. The summed E-state index contributed by atoms with van der Waals surface area (Å²) in [4.78, 5) is 44.3. The molecule has 2 aromatic heterocycles. The van der Waals surface area contributed by atoms with Gasteiger partial charge in [-0.25, -0.2) is 24.5 Å². The van der Waals surface area contributed by atoms with Gasteiger partial charge in [-0.15, -0.1) is 0 Å². The molecule has 0 spiro atoms. The van der Waals surface area contributed by atoms with E-state index < -0.39 is 12.0 Å². The number of ether oxygens (including phenoxy) is 2. The highest BCUT2D eigenvalue weighted by atomic mass is 32.2. The number of aliphatic carboxylic acids is 1. The summed E-state index contributed by atoms with van der Waals surface area (Å²) in [5.74, 6) is 0.944. The second-order valence-electron chi connectivity index (χ2n) is 10.1. The molecule has 0 aliphatic carbocycles. The lowest BCUT2D eigenvalue weighted by atomic mass is 10.2. The lowest BCUT2D eigenvalue weighted by molar-refractivity contribution is -0.138. The molecule has 2 aromatic rings. The molecule has 1 aliphatic heterocycles. The Morgan fingerprint density at radius 3 is 2.93 bits per heavy atom. The van der Waals surface area contributed by atoms with Crippen molar-refractivity contribution < 1.29 is 24.2 Å². The van der Waals surface area contributed by atoms with Crippen molar-refractivity contribution in [2.45, 2.75) is 89.5 Å². The van der Waals surface area contributed by atoms with E-state index in [-0.39, 0.29) is 18.4 Å². The number of anilines is 1. The summed E-state index contributed by atoms with van der Waals surface area (Å²) in [6.45, 7) is 3.80. The van der Waals surface area contributed by atoms with Crippen molar-refractivity contribution in [1.29, 1.82) is 0 Å².